The molecule has 1 aromatic heterocycles. The van der Waals surface area contributed by atoms with Crippen molar-refractivity contribution in [1.82, 2.24) is 14.9 Å². The van der Waals surface area contributed by atoms with Crippen LogP contribution in [0.1, 0.15) is 79.9 Å². The Kier molecular flexibility index (Phi) is 7.52. The number of carbonyl (C=O) groups is 1. The van der Waals surface area contributed by atoms with Gasteiger partial charge in [0.2, 0.25) is 5.91 Å². The van der Waals surface area contributed by atoms with Crippen molar-refractivity contribution in [1.29, 1.82) is 0 Å². The first kappa shape index (κ1) is 26.4. The van der Waals surface area contributed by atoms with E-state index in [0.717, 1.165) is 125 Å². The molecule has 214 valence electrons. The lowest BCUT2D eigenvalue weighted by molar-refractivity contribution is -0.132. The Morgan fingerprint density at radius 3 is 2.50 bits per heavy atom. The smallest absolute Gasteiger partial charge is 0.225 e. The zero-order valence-electron chi connectivity index (χ0n) is 23.2. The van der Waals surface area contributed by atoms with Crippen LogP contribution in [0.3, 0.4) is 0 Å². The van der Waals surface area contributed by atoms with Gasteiger partial charge in [-0.25, -0.2) is 9.97 Å². The average molecular weight is 565 g/mol. The summed E-state index contributed by atoms with van der Waals surface area (Å²) in [6, 6.07) is 6.84. The number of hydrogen-bond acceptors (Lipinski definition) is 7. The Morgan fingerprint density at radius 1 is 0.950 bits per heavy atom. The summed E-state index contributed by atoms with van der Waals surface area (Å²) in [6.07, 6.45) is 10.7. The molecule has 4 heterocycles. The van der Waals surface area contributed by atoms with Gasteiger partial charge >= 0.3 is 0 Å². The molecule has 2 saturated carbocycles. The van der Waals surface area contributed by atoms with Gasteiger partial charge in [0.05, 0.1) is 22.6 Å². The number of fused-ring (bicyclic) bond motifs is 2. The predicted molar refractivity (Wildman–Crippen MR) is 153 cm³/mol. The number of ether oxygens (including phenoxy) is 2. The molecule has 8 nitrogen and oxygen atoms in total. The molecule has 40 heavy (non-hydrogen) atoms. The van der Waals surface area contributed by atoms with Gasteiger partial charge in [-0.05, 0) is 87.5 Å². The lowest BCUT2D eigenvalue weighted by atomic mass is 9.86. The summed E-state index contributed by atoms with van der Waals surface area (Å²) < 4.78 is 24.8. The van der Waals surface area contributed by atoms with E-state index in [-0.39, 0.29) is 12.0 Å². The molecule has 3 aliphatic heterocycles. The van der Waals surface area contributed by atoms with Gasteiger partial charge in [0, 0.05) is 56.4 Å². The van der Waals surface area contributed by atoms with E-state index in [4.69, 9.17) is 19.4 Å². The molecule has 1 amide bonds. The van der Waals surface area contributed by atoms with E-state index in [9.17, 15) is 9.00 Å². The number of rotatable bonds is 6. The van der Waals surface area contributed by atoms with Crippen LogP contribution in [-0.4, -0.2) is 69.2 Å². The maximum absolute atomic E-state index is 12.7. The van der Waals surface area contributed by atoms with Gasteiger partial charge in [0.1, 0.15) is 22.3 Å². The molecule has 0 spiro atoms. The number of carbonyl (C=O) groups excluding carboxylic acids is 1. The number of benzene rings is 1. The van der Waals surface area contributed by atoms with Crippen LogP contribution in [0.25, 0.3) is 0 Å². The molecule has 1 aromatic carbocycles. The number of amides is 1. The van der Waals surface area contributed by atoms with Crippen molar-refractivity contribution in [3.05, 3.63) is 40.8 Å². The van der Waals surface area contributed by atoms with Crippen molar-refractivity contribution in [3.63, 3.8) is 0 Å². The fourth-order valence-corrected chi connectivity index (χ4v) is 8.06. The molecule has 2 aliphatic carbocycles. The average Bonchev–Trinajstić information content (AvgIpc) is 3.79. The molecular weight excluding hydrogens is 524 g/mol. The molecule has 1 saturated heterocycles. The Balaban J connectivity index is 0.983. The Hall–Kier alpha value is -2.52. The van der Waals surface area contributed by atoms with Gasteiger partial charge in [-0.1, -0.05) is 6.07 Å². The minimum Gasteiger partial charge on any atom is -0.490 e. The van der Waals surface area contributed by atoms with Crippen LogP contribution >= 0.6 is 0 Å². The summed E-state index contributed by atoms with van der Waals surface area (Å²) in [7, 11) is -1.02. The number of nitrogens with one attached hydrogen (secondary N) is 1. The fourth-order valence-electron chi connectivity index (χ4n) is 6.75. The van der Waals surface area contributed by atoms with Gasteiger partial charge in [-0.2, -0.15) is 0 Å². The molecule has 9 heteroatoms. The SMILES string of the molecule is O=C(C1CC1)N1CCc2ccc(OC3CCC(c4nc5c(c(NC6CCOCC6)n4)S(=O)CC5)CC3)cc2CC1. The number of aryl methyl sites for hydroxylation is 1. The van der Waals surface area contributed by atoms with Gasteiger partial charge in [0.25, 0.3) is 0 Å². The third-order valence-electron chi connectivity index (χ3n) is 9.33. The minimum atomic E-state index is -1.02. The van der Waals surface area contributed by atoms with E-state index in [1.165, 1.54) is 11.1 Å². The third kappa shape index (κ3) is 5.64. The van der Waals surface area contributed by atoms with Crippen LogP contribution in [-0.2, 0) is 39.6 Å². The van der Waals surface area contributed by atoms with E-state index in [0.29, 0.717) is 23.6 Å². The first-order valence-electron chi connectivity index (χ1n) is 15.3. The highest BCUT2D eigenvalue weighted by atomic mass is 32.2. The second-order valence-electron chi connectivity index (χ2n) is 12.2. The third-order valence-corrected chi connectivity index (χ3v) is 10.8. The van der Waals surface area contributed by atoms with Crippen molar-refractivity contribution in [2.75, 3.05) is 37.4 Å². The van der Waals surface area contributed by atoms with Crippen LogP contribution in [0.15, 0.2) is 23.1 Å². The predicted octanol–water partition coefficient (Wildman–Crippen LogP) is 4.17. The van der Waals surface area contributed by atoms with Crippen LogP contribution in [0.4, 0.5) is 5.82 Å². The highest BCUT2D eigenvalue weighted by Gasteiger charge is 2.34. The number of hydrogen-bond donors (Lipinski definition) is 1. The van der Waals surface area contributed by atoms with Crippen LogP contribution in [0.5, 0.6) is 5.75 Å². The molecule has 1 atom stereocenters. The highest BCUT2D eigenvalue weighted by Crippen LogP contribution is 2.37. The zero-order chi connectivity index (χ0) is 27.1. The van der Waals surface area contributed by atoms with E-state index in [2.05, 4.69) is 28.4 Å². The normalized spacial score (nSPS) is 27.0. The first-order valence-corrected chi connectivity index (χ1v) is 16.6. The zero-order valence-corrected chi connectivity index (χ0v) is 24.1. The summed E-state index contributed by atoms with van der Waals surface area (Å²) in [6.45, 7) is 3.16. The monoisotopic (exact) mass is 564 g/mol. The first-order chi connectivity index (χ1) is 19.6. The number of nitrogens with zero attached hydrogens (tertiary/aromatic N) is 3. The molecule has 0 bridgehead atoms. The van der Waals surface area contributed by atoms with Crippen molar-refractivity contribution in [3.8, 4) is 5.75 Å². The van der Waals surface area contributed by atoms with Gasteiger partial charge in [0.15, 0.2) is 0 Å². The Labute approximate surface area is 239 Å². The lowest BCUT2D eigenvalue weighted by Gasteiger charge is -2.29. The van der Waals surface area contributed by atoms with Gasteiger partial charge in [-0.15, -0.1) is 0 Å². The topological polar surface area (TPSA) is 93.7 Å². The van der Waals surface area contributed by atoms with Crippen molar-refractivity contribution in [2.45, 2.75) is 93.6 Å². The van der Waals surface area contributed by atoms with E-state index < -0.39 is 10.8 Å². The summed E-state index contributed by atoms with van der Waals surface area (Å²) in [5.74, 6) is 4.24. The molecule has 3 fully saturated rings. The van der Waals surface area contributed by atoms with Crippen LogP contribution in [0.2, 0.25) is 0 Å². The quantitative estimate of drug-likeness (QED) is 0.563. The van der Waals surface area contributed by atoms with E-state index in [1.807, 2.05) is 0 Å². The van der Waals surface area contributed by atoms with Crippen LogP contribution < -0.4 is 10.1 Å². The molecule has 1 unspecified atom stereocenters. The maximum Gasteiger partial charge on any atom is 0.225 e. The molecule has 0 radical (unpaired) electrons. The molecule has 5 aliphatic rings. The molecule has 2 aromatic rings. The van der Waals surface area contributed by atoms with Crippen molar-refractivity contribution < 1.29 is 18.5 Å². The fraction of sp³-hybridized carbons (Fsp3) is 0.645. The van der Waals surface area contributed by atoms with E-state index in [1.54, 1.807) is 0 Å². The lowest BCUT2D eigenvalue weighted by Crippen LogP contribution is -2.34. The summed E-state index contributed by atoms with van der Waals surface area (Å²) >= 11 is 0. The Bertz CT molecular complexity index is 1280. The van der Waals surface area contributed by atoms with Crippen molar-refractivity contribution in [2.24, 2.45) is 5.92 Å². The van der Waals surface area contributed by atoms with E-state index >= 15 is 0 Å². The Morgan fingerprint density at radius 2 is 1.73 bits per heavy atom. The standard InChI is InChI=1S/C31H40N4O4S/c36-31(22-1-2-22)35-14-9-20-3-8-26(19-23(20)10-15-35)39-25-6-4-21(5-7-25)29-33-27-13-18-40(37)28(27)30(34-29)32-24-11-16-38-17-12-24/h3,8,19,21-22,24-25H,1-2,4-7,9-18H2,(H,32,33,34). The molecule has 1 N–H and O–H groups in total. The summed E-state index contributed by atoms with van der Waals surface area (Å²) in [5, 5.41) is 3.61. The molecule has 7 rings (SSSR count). The second-order valence-corrected chi connectivity index (χ2v) is 13.7. The molecular formula is C31H40N4O4S. The summed E-state index contributed by atoms with van der Waals surface area (Å²) in [4.78, 5) is 25.4. The number of anilines is 1. The highest BCUT2D eigenvalue weighted by molar-refractivity contribution is 7.85. The van der Waals surface area contributed by atoms with Gasteiger partial charge in [-0.3, -0.25) is 9.00 Å². The second kappa shape index (κ2) is 11.4. The maximum atomic E-state index is 12.7. The summed E-state index contributed by atoms with van der Waals surface area (Å²) in [5.41, 5.74) is 3.64. The van der Waals surface area contributed by atoms with Crippen molar-refractivity contribution >= 4 is 22.5 Å². The largest absolute Gasteiger partial charge is 0.490 e. The minimum absolute atomic E-state index is 0.190. The van der Waals surface area contributed by atoms with Gasteiger partial charge < -0.3 is 19.7 Å². The number of aromatic nitrogens is 2. The van der Waals surface area contributed by atoms with Crippen LogP contribution in [0, 0.1) is 5.92 Å².